The molecule has 0 aliphatic heterocycles. The SMILES string of the molecule is CC(C)c1cc2c(NCC(Cl)CC(C)(C)C)nccn2n1. The summed E-state index contributed by atoms with van der Waals surface area (Å²) in [4.78, 5) is 4.42. The second-order valence-corrected chi connectivity index (χ2v) is 7.69. The molecule has 21 heavy (non-hydrogen) atoms. The van der Waals surface area contributed by atoms with E-state index in [1.165, 1.54) is 0 Å². The van der Waals surface area contributed by atoms with Crippen LogP contribution in [0.4, 0.5) is 5.82 Å². The zero-order valence-electron chi connectivity index (χ0n) is 13.5. The molecule has 0 saturated carbocycles. The van der Waals surface area contributed by atoms with Crippen LogP contribution in [0.25, 0.3) is 5.52 Å². The van der Waals surface area contributed by atoms with Crippen molar-refractivity contribution in [3.63, 3.8) is 0 Å². The molecule has 116 valence electrons. The largest absolute Gasteiger partial charge is 0.367 e. The first-order chi connectivity index (χ1) is 9.76. The second-order valence-electron chi connectivity index (χ2n) is 7.07. The molecule has 4 nitrogen and oxygen atoms in total. The molecule has 0 saturated heterocycles. The third-order valence-corrected chi connectivity index (χ3v) is 3.63. The third kappa shape index (κ3) is 4.34. The maximum absolute atomic E-state index is 6.41. The number of anilines is 1. The predicted octanol–water partition coefficient (Wildman–Crippen LogP) is 4.31. The van der Waals surface area contributed by atoms with Gasteiger partial charge in [0.2, 0.25) is 0 Å². The molecular weight excluding hydrogens is 284 g/mol. The van der Waals surface area contributed by atoms with E-state index in [0.717, 1.165) is 23.4 Å². The lowest BCUT2D eigenvalue weighted by Crippen LogP contribution is -2.21. The van der Waals surface area contributed by atoms with Crippen LogP contribution >= 0.6 is 11.6 Å². The van der Waals surface area contributed by atoms with Crippen LogP contribution in [0.3, 0.4) is 0 Å². The van der Waals surface area contributed by atoms with Crippen molar-refractivity contribution in [3.05, 3.63) is 24.2 Å². The summed E-state index contributed by atoms with van der Waals surface area (Å²) in [5.41, 5.74) is 2.30. The van der Waals surface area contributed by atoms with Crippen molar-refractivity contribution in [2.75, 3.05) is 11.9 Å². The van der Waals surface area contributed by atoms with Crippen molar-refractivity contribution in [1.29, 1.82) is 0 Å². The molecule has 2 rings (SSSR count). The van der Waals surface area contributed by atoms with Gasteiger partial charge in [0.05, 0.1) is 11.1 Å². The fourth-order valence-corrected chi connectivity index (χ4v) is 2.84. The van der Waals surface area contributed by atoms with Crippen molar-refractivity contribution < 1.29 is 0 Å². The first kappa shape index (κ1) is 16.1. The molecule has 0 aliphatic carbocycles. The summed E-state index contributed by atoms with van der Waals surface area (Å²) in [6, 6.07) is 2.09. The van der Waals surface area contributed by atoms with Crippen LogP contribution < -0.4 is 5.32 Å². The van der Waals surface area contributed by atoms with Crippen LogP contribution in [0.15, 0.2) is 18.5 Å². The van der Waals surface area contributed by atoms with E-state index in [2.05, 4.69) is 56.1 Å². The monoisotopic (exact) mass is 308 g/mol. The lowest BCUT2D eigenvalue weighted by atomic mass is 9.90. The fourth-order valence-electron chi connectivity index (χ4n) is 2.30. The van der Waals surface area contributed by atoms with E-state index in [0.29, 0.717) is 12.5 Å². The summed E-state index contributed by atoms with van der Waals surface area (Å²) < 4.78 is 1.87. The summed E-state index contributed by atoms with van der Waals surface area (Å²) in [6.07, 6.45) is 4.60. The van der Waals surface area contributed by atoms with E-state index in [-0.39, 0.29) is 10.8 Å². The van der Waals surface area contributed by atoms with Crippen molar-refractivity contribution in [1.82, 2.24) is 14.6 Å². The van der Waals surface area contributed by atoms with Gasteiger partial charge in [0.1, 0.15) is 5.52 Å². The van der Waals surface area contributed by atoms with Gasteiger partial charge in [-0.3, -0.25) is 0 Å². The Bertz CT molecular complexity index is 598. The van der Waals surface area contributed by atoms with Gasteiger partial charge >= 0.3 is 0 Å². The zero-order valence-corrected chi connectivity index (χ0v) is 14.3. The lowest BCUT2D eigenvalue weighted by molar-refractivity contribution is 0.373. The Morgan fingerprint density at radius 1 is 1.33 bits per heavy atom. The van der Waals surface area contributed by atoms with Crippen LogP contribution in [0.1, 0.15) is 52.7 Å². The molecule has 0 spiro atoms. The van der Waals surface area contributed by atoms with Crippen molar-refractivity contribution >= 4 is 22.9 Å². The van der Waals surface area contributed by atoms with Crippen molar-refractivity contribution in [2.45, 2.75) is 52.3 Å². The Balaban J connectivity index is 2.11. The minimum Gasteiger partial charge on any atom is -0.367 e. The van der Waals surface area contributed by atoms with E-state index in [1.54, 1.807) is 6.20 Å². The molecule has 2 aromatic heterocycles. The Labute approximate surface area is 131 Å². The predicted molar refractivity (Wildman–Crippen MR) is 89.3 cm³/mol. The van der Waals surface area contributed by atoms with E-state index in [4.69, 9.17) is 11.6 Å². The zero-order chi connectivity index (χ0) is 15.6. The van der Waals surface area contributed by atoms with E-state index in [9.17, 15) is 0 Å². The molecule has 0 radical (unpaired) electrons. The number of aromatic nitrogens is 3. The Kier molecular flexibility index (Phi) is 4.77. The highest BCUT2D eigenvalue weighted by molar-refractivity contribution is 6.21. The smallest absolute Gasteiger partial charge is 0.152 e. The minimum atomic E-state index is 0.0829. The highest BCUT2D eigenvalue weighted by Crippen LogP contribution is 2.24. The van der Waals surface area contributed by atoms with Gasteiger partial charge in [0.25, 0.3) is 0 Å². The summed E-state index contributed by atoms with van der Waals surface area (Å²) >= 11 is 6.41. The number of nitrogens with zero attached hydrogens (tertiary/aromatic N) is 3. The average molecular weight is 309 g/mol. The van der Waals surface area contributed by atoms with Crippen LogP contribution in [0.2, 0.25) is 0 Å². The van der Waals surface area contributed by atoms with Gasteiger partial charge in [-0.15, -0.1) is 11.6 Å². The molecule has 2 aromatic rings. The summed E-state index contributed by atoms with van der Waals surface area (Å²) in [5, 5.41) is 8.00. The third-order valence-electron chi connectivity index (χ3n) is 3.33. The number of nitrogens with one attached hydrogen (secondary N) is 1. The average Bonchev–Trinajstić information content (AvgIpc) is 2.78. The molecule has 1 N–H and O–H groups in total. The first-order valence-electron chi connectivity index (χ1n) is 7.48. The van der Waals surface area contributed by atoms with Gasteiger partial charge < -0.3 is 5.32 Å². The molecule has 0 fully saturated rings. The van der Waals surface area contributed by atoms with Crippen LogP contribution in [-0.4, -0.2) is 26.5 Å². The quantitative estimate of drug-likeness (QED) is 0.837. The van der Waals surface area contributed by atoms with Gasteiger partial charge in [-0.2, -0.15) is 5.10 Å². The Morgan fingerprint density at radius 3 is 2.67 bits per heavy atom. The summed E-state index contributed by atoms with van der Waals surface area (Å²) in [5.74, 6) is 1.25. The lowest BCUT2D eigenvalue weighted by Gasteiger charge is -2.22. The minimum absolute atomic E-state index is 0.0829. The molecule has 0 amide bonds. The summed E-state index contributed by atoms with van der Waals surface area (Å²) in [6.45, 7) is 11.6. The number of hydrogen-bond acceptors (Lipinski definition) is 3. The van der Waals surface area contributed by atoms with Crippen molar-refractivity contribution in [2.24, 2.45) is 5.41 Å². The highest BCUT2D eigenvalue weighted by atomic mass is 35.5. The van der Waals surface area contributed by atoms with Gasteiger partial charge in [-0.25, -0.2) is 9.50 Å². The van der Waals surface area contributed by atoms with E-state index in [1.807, 2.05) is 10.7 Å². The van der Waals surface area contributed by atoms with Gasteiger partial charge in [0, 0.05) is 18.9 Å². The first-order valence-corrected chi connectivity index (χ1v) is 7.92. The second kappa shape index (κ2) is 6.22. The molecule has 1 atom stereocenters. The molecule has 0 aliphatic rings. The molecule has 0 aromatic carbocycles. The number of rotatable bonds is 5. The molecule has 2 heterocycles. The maximum atomic E-state index is 6.41. The molecule has 5 heteroatoms. The number of alkyl halides is 1. The van der Waals surface area contributed by atoms with Gasteiger partial charge in [-0.1, -0.05) is 34.6 Å². The highest BCUT2D eigenvalue weighted by Gasteiger charge is 2.17. The maximum Gasteiger partial charge on any atom is 0.152 e. The fraction of sp³-hybridized carbons (Fsp3) is 0.625. The van der Waals surface area contributed by atoms with E-state index >= 15 is 0 Å². The Hall–Kier alpha value is -1.29. The number of hydrogen-bond donors (Lipinski definition) is 1. The van der Waals surface area contributed by atoms with Crippen molar-refractivity contribution in [3.8, 4) is 0 Å². The van der Waals surface area contributed by atoms with Gasteiger partial charge in [-0.05, 0) is 23.8 Å². The number of halogens is 1. The topological polar surface area (TPSA) is 42.2 Å². The van der Waals surface area contributed by atoms with Crippen LogP contribution in [0.5, 0.6) is 0 Å². The van der Waals surface area contributed by atoms with Crippen LogP contribution in [-0.2, 0) is 0 Å². The summed E-state index contributed by atoms with van der Waals surface area (Å²) in [7, 11) is 0. The Morgan fingerprint density at radius 2 is 2.05 bits per heavy atom. The number of fused-ring (bicyclic) bond motifs is 1. The van der Waals surface area contributed by atoms with Crippen LogP contribution in [0, 0.1) is 5.41 Å². The standard InChI is InChI=1S/C16H25ClN4/c1-11(2)13-8-14-15(18-6-7-21(14)20-13)19-10-12(17)9-16(3,4)5/h6-8,11-12H,9-10H2,1-5H3,(H,18,19). The molecule has 1 unspecified atom stereocenters. The van der Waals surface area contributed by atoms with E-state index < -0.39 is 0 Å². The molecule has 0 bridgehead atoms. The molecular formula is C16H25ClN4. The van der Waals surface area contributed by atoms with Gasteiger partial charge in [0.15, 0.2) is 5.82 Å². The normalized spacial score (nSPS) is 13.9.